The van der Waals surface area contributed by atoms with Gasteiger partial charge in [-0.15, -0.1) is 11.3 Å². The highest BCUT2D eigenvalue weighted by molar-refractivity contribution is 7.10. The number of hydrogen-bond donors (Lipinski definition) is 1. The van der Waals surface area contributed by atoms with Crippen LogP contribution < -0.4 is 0 Å². The number of ether oxygens (including phenoxy) is 1. The van der Waals surface area contributed by atoms with E-state index >= 15 is 0 Å². The number of carbonyl (C=O) groups excluding carboxylic acids is 1. The molecule has 0 saturated carbocycles. The first-order valence-electron chi connectivity index (χ1n) is 4.55. The van der Waals surface area contributed by atoms with Gasteiger partial charge in [0, 0.05) is 4.88 Å². The molecule has 0 fully saturated rings. The summed E-state index contributed by atoms with van der Waals surface area (Å²) in [5.74, 6) is -0.859. The third kappa shape index (κ3) is 2.56. The van der Waals surface area contributed by atoms with Gasteiger partial charge < -0.3 is 9.84 Å². The van der Waals surface area contributed by atoms with Crippen molar-refractivity contribution in [1.29, 1.82) is 0 Å². The summed E-state index contributed by atoms with van der Waals surface area (Å²) in [6.45, 7) is 3.77. The lowest BCUT2D eigenvalue weighted by molar-refractivity contribution is -0.151. The summed E-state index contributed by atoms with van der Waals surface area (Å²) in [6.07, 6.45) is -0.756. The van der Waals surface area contributed by atoms with E-state index in [2.05, 4.69) is 0 Å². The molecule has 2 atom stereocenters. The number of carbonyl (C=O) groups is 1. The zero-order chi connectivity index (χ0) is 10.6. The molecule has 2 unspecified atom stereocenters. The fourth-order valence-electron chi connectivity index (χ4n) is 1.11. The fourth-order valence-corrected chi connectivity index (χ4v) is 1.92. The van der Waals surface area contributed by atoms with Gasteiger partial charge in [0.25, 0.3) is 0 Å². The molecule has 3 nitrogen and oxygen atoms in total. The van der Waals surface area contributed by atoms with Gasteiger partial charge in [0.2, 0.25) is 0 Å². The molecule has 4 heteroatoms. The monoisotopic (exact) mass is 214 g/mol. The smallest absolute Gasteiger partial charge is 0.311 e. The molecule has 0 radical (unpaired) electrons. The standard InChI is InChI=1S/C10H14O3S/c1-3-13-10(12)7(2)9(11)8-5-4-6-14-8/h4-7,9,11H,3H2,1-2H3. The van der Waals surface area contributed by atoms with E-state index in [9.17, 15) is 9.90 Å². The van der Waals surface area contributed by atoms with Crippen molar-refractivity contribution in [3.05, 3.63) is 22.4 Å². The molecule has 0 bridgehead atoms. The average Bonchev–Trinajstić information content (AvgIpc) is 2.68. The summed E-state index contributed by atoms with van der Waals surface area (Å²) >= 11 is 1.44. The van der Waals surface area contributed by atoms with E-state index in [0.717, 1.165) is 4.88 Å². The molecule has 0 saturated heterocycles. The lowest BCUT2D eigenvalue weighted by Gasteiger charge is -2.15. The molecule has 0 aliphatic rings. The molecule has 1 rings (SSSR count). The lowest BCUT2D eigenvalue weighted by Crippen LogP contribution is -2.21. The lowest BCUT2D eigenvalue weighted by atomic mass is 10.0. The topological polar surface area (TPSA) is 46.5 Å². The van der Waals surface area contributed by atoms with Crippen LogP contribution in [0, 0.1) is 5.92 Å². The first kappa shape index (κ1) is 11.2. The summed E-state index contributed by atoms with van der Waals surface area (Å²) in [7, 11) is 0. The van der Waals surface area contributed by atoms with E-state index in [4.69, 9.17) is 4.74 Å². The normalized spacial score (nSPS) is 14.8. The van der Waals surface area contributed by atoms with Gasteiger partial charge in [-0.1, -0.05) is 6.07 Å². The van der Waals surface area contributed by atoms with Crippen LogP contribution in [0.2, 0.25) is 0 Å². The second kappa shape index (κ2) is 5.12. The summed E-state index contributed by atoms with van der Waals surface area (Å²) < 4.78 is 4.83. The molecule has 1 heterocycles. The van der Waals surface area contributed by atoms with Crippen molar-refractivity contribution in [3.63, 3.8) is 0 Å². The Hall–Kier alpha value is -0.870. The van der Waals surface area contributed by atoms with Gasteiger partial charge in [0.1, 0.15) is 6.10 Å². The van der Waals surface area contributed by atoms with Crippen LogP contribution in [-0.2, 0) is 9.53 Å². The summed E-state index contributed by atoms with van der Waals surface area (Å²) in [4.78, 5) is 12.1. The Labute approximate surface area is 87.3 Å². The van der Waals surface area contributed by atoms with Gasteiger partial charge in [-0.05, 0) is 25.3 Å². The van der Waals surface area contributed by atoms with Crippen LogP contribution in [0.4, 0.5) is 0 Å². The van der Waals surface area contributed by atoms with Gasteiger partial charge in [0.05, 0.1) is 12.5 Å². The molecule has 0 aromatic carbocycles. The van der Waals surface area contributed by atoms with Crippen LogP contribution in [0.15, 0.2) is 17.5 Å². The Morgan fingerprint density at radius 3 is 2.93 bits per heavy atom. The van der Waals surface area contributed by atoms with E-state index in [1.165, 1.54) is 11.3 Å². The first-order chi connectivity index (χ1) is 6.66. The molecule has 1 aromatic heterocycles. The molecule has 0 amide bonds. The molecule has 78 valence electrons. The number of aliphatic hydroxyl groups is 1. The molecule has 14 heavy (non-hydrogen) atoms. The molecule has 1 N–H and O–H groups in total. The predicted octanol–water partition coefficient (Wildman–Crippen LogP) is 1.98. The molecule has 0 spiro atoms. The third-order valence-electron chi connectivity index (χ3n) is 1.97. The maximum Gasteiger partial charge on any atom is 0.311 e. The van der Waals surface area contributed by atoms with Crippen molar-refractivity contribution in [3.8, 4) is 0 Å². The van der Waals surface area contributed by atoms with Crippen molar-refractivity contribution in [1.82, 2.24) is 0 Å². The summed E-state index contributed by atoms with van der Waals surface area (Å²) in [6, 6.07) is 3.66. The van der Waals surface area contributed by atoms with Crippen molar-refractivity contribution >= 4 is 17.3 Å². The van der Waals surface area contributed by atoms with Crippen LogP contribution in [0.5, 0.6) is 0 Å². The minimum atomic E-state index is -0.756. The predicted molar refractivity (Wildman–Crippen MR) is 55.1 cm³/mol. The minimum Gasteiger partial charge on any atom is -0.466 e. The van der Waals surface area contributed by atoms with Gasteiger partial charge in [-0.25, -0.2) is 0 Å². The highest BCUT2D eigenvalue weighted by Gasteiger charge is 2.25. The highest BCUT2D eigenvalue weighted by Crippen LogP contribution is 2.26. The van der Waals surface area contributed by atoms with Gasteiger partial charge in [0.15, 0.2) is 0 Å². The molecular formula is C10H14O3S. The molecule has 0 aliphatic heterocycles. The number of hydrogen-bond acceptors (Lipinski definition) is 4. The molecule has 1 aromatic rings. The number of esters is 1. The number of rotatable bonds is 4. The van der Waals surface area contributed by atoms with Crippen LogP contribution in [-0.4, -0.2) is 17.7 Å². The summed E-state index contributed by atoms with van der Waals surface area (Å²) in [5, 5.41) is 11.7. The van der Waals surface area contributed by atoms with Gasteiger partial charge in [-0.2, -0.15) is 0 Å². The van der Waals surface area contributed by atoms with E-state index in [0.29, 0.717) is 6.61 Å². The van der Waals surface area contributed by atoms with Crippen molar-refractivity contribution < 1.29 is 14.6 Å². The highest BCUT2D eigenvalue weighted by atomic mass is 32.1. The second-order valence-electron chi connectivity index (χ2n) is 3.00. The molecular weight excluding hydrogens is 200 g/mol. The van der Waals surface area contributed by atoms with Gasteiger partial charge >= 0.3 is 5.97 Å². The van der Waals surface area contributed by atoms with Crippen molar-refractivity contribution in [2.75, 3.05) is 6.61 Å². The van der Waals surface area contributed by atoms with Crippen molar-refractivity contribution in [2.24, 2.45) is 5.92 Å². The SMILES string of the molecule is CCOC(=O)C(C)C(O)c1cccs1. The molecule has 0 aliphatic carbocycles. The maximum absolute atomic E-state index is 11.3. The van der Waals surface area contributed by atoms with E-state index in [1.54, 1.807) is 13.8 Å². The van der Waals surface area contributed by atoms with E-state index < -0.39 is 12.0 Å². The van der Waals surface area contributed by atoms with Gasteiger partial charge in [-0.3, -0.25) is 4.79 Å². The van der Waals surface area contributed by atoms with E-state index in [1.807, 2.05) is 17.5 Å². The second-order valence-corrected chi connectivity index (χ2v) is 3.98. The first-order valence-corrected chi connectivity index (χ1v) is 5.43. The third-order valence-corrected chi connectivity index (χ3v) is 2.91. The van der Waals surface area contributed by atoms with E-state index in [-0.39, 0.29) is 5.97 Å². The van der Waals surface area contributed by atoms with Crippen LogP contribution in [0.1, 0.15) is 24.8 Å². The fraction of sp³-hybridized carbons (Fsp3) is 0.500. The zero-order valence-corrected chi connectivity index (χ0v) is 9.08. The Morgan fingerprint density at radius 2 is 2.43 bits per heavy atom. The largest absolute Gasteiger partial charge is 0.466 e. The maximum atomic E-state index is 11.3. The minimum absolute atomic E-state index is 0.348. The Kier molecular flexibility index (Phi) is 4.10. The van der Waals surface area contributed by atoms with Crippen LogP contribution in [0.3, 0.4) is 0 Å². The Morgan fingerprint density at radius 1 is 1.71 bits per heavy atom. The van der Waals surface area contributed by atoms with Crippen LogP contribution >= 0.6 is 11.3 Å². The zero-order valence-electron chi connectivity index (χ0n) is 8.27. The van der Waals surface area contributed by atoms with Crippen molar-refractivity contribution in [2.45, 2.75) is 20.0 Å². The average molecular weight is 214 g/mol. The summed E-state index contributed by atoms with van der Waals surface area (Å²) in [5.41, 5.74) is 0. The Balaban J connectivity index is 2.61. The number of thiophene rings is 1. The Bertz CT molecular complexity index is 282. The van der Waals surface area contributed by atoms with Crippen LogP contribution in [0.25, 0.3) is 0 Å². The number of aliphatic hydroxyl groups excluding tert-OH is 1. The quantitative estimate of drug-likeness (QED) is 0.779.